The van der Waals surface area contributed by atoms with E-state index < -0.39 is 0 Å². The second-order valence-electron chi connectivity index (χ2n) is 6.13. The van der Waals surface area contributed by atoms with Gasteiger partial charge in [0.1, 0.15) is 0 Å². The second-order valence-corrected chi connectivity index (χ2v) is 6.13. The highest BCUT2D eigenvalue weighted by atomic mass is 16.2. The Bertz CT molecular complexity index is 535. The van der Waals surface area contributed by atoms with Crippen LogP contribution >= 0.6 is 0 Å². The number of benzene rings is 1. The van der Waals surface area contributed by atoms with Crippen LogP contribution in [-0.4, -0.2) is 69.0 Å². The Morgan fingerprint density at radius 1 is 1.08 bits per heavy atom. The summed E-state index contributed by atoms with van der Waals surface area (Å²) in [4.78, 5) is 20.1. The summed E-state index contributed by atoms with van der Waals surface area (Å²) in [5.74, 6) is 0.818. The summed E-state index contributed by atoms with van der Waals surface area (Å²) in [6.45, 7) is 9.23. The maximum absolute atomic E-state index is 11.9. The summed E-state index contributed by atoms with van der Waals surface area (Å²) in [7, 11) is 5.29. The first-order valence-electron chi connectivity index (χ1n) is 8.99. The molecule has 0 aromatic heterocycles. The molecule has 0 radical (unpaired) electrons. The van der Waals surface area contributed by atoms with E-state index in [9.17, 15) is 4.79 Å². The Morgan fingerprint density at radius 3 is 2.24 bits per heavy atom. The van der Waals surface area contributed by atoms with Crippen molar-refractivity contribution in [1.29, 1.82) is 0 Å². The van der Waals surface area contributed by atoms with Crippen molar-refractivity contribution in [3.63, 3.8) is 0 Å². The monoisotopic (exact) mass is 347 g/mol. The maximum Gasteiger partial charge on any atom is 0.253 e. The third kappa shape index (κ3) is 7.56. The van der Waals surface area contributed by atoms with Crippen LogP contribution in [0.5, 0.6) is 0 Å². The zero-order chi connectivity index (χ0) is 18.7. The molecule has 0 atom stereocenters. The smallest absolute Gasteiger partial charge is 0.253 e. The lowest BCUT2D eigenvalue weighted by molar-refractivity contribution is 0.0827. The first-order chi connectivity index (χ1) is 12.0. The Morgan fingerprint density at radius 2 is 1.72 bits per heavy atom. The number of hydrogen-bond acceptors (Lipinski definition) is 3. The molecule has 0 saturated carbocycles. The molecule has 0 aliphatic heterocycles. The predicted octanol–water partition coefficient (Wildman–Crippen LogP) is 1.79. The van der Waals surface area contributed by atoms with Gasteiger partial charge < -0.3 is 20.4 Å². The van der Waals surface area contributed by atoms with Crippen molar-refractivity contribution >= 4 is 11.9 Å². The number of carbonyl (C=O) groups is 1. The lowest BCUT2D eigenvalue weighted by Crippen LogP contribution is -2.38. The van der Waals surface area contributed by atoms with E-state index in [4.69, 9.17) is 0 Å². The second kappa shape index (κ2) is 11.5. The molecule has 0 saturated heterocycles. The van der Waals surface area contributed by atoms with E-state index in [1.54, 1.807) is 26.0 Å². The molecule has 0 spiro atoms. The summed E-state index contributed by atoms with van der Waals surface area (Å²) in [5, 5.41) is 6.64. The molecule has 0 fully saturated rings. The van der Waals surface area contributed by atoms with E-state index in [1.165, 1.54) is 0 Å². The number of nitrogens with one attached hydrogen (secondary N) is 2. The Hall–Kier alpha value is -2.08. The van der Waals surface area contributed by atoms with Gasteiger partial charge in [0, 0.05) is 39.8 Å². The topological polar surface area (TPSA) is 60.0 Å². The number of rotatable bonds is 9. The van der Waals surface area contributed by atoms with Gasteiger partial charge >= 0.3 is 0 Å². The molecule has 140 valence electrons. The molecule has 0 heterocycles. The van der Waals surface area contributed by atoms with Crippen LogP contribution in [0.3, 0.4) is 0 Å². The normalized spacial score (nSPS) is 11.5. The van der Waals surface area contributed by atoms with Gasteiger partial charge in [-0.2, -0.15) is 0 Å². The Balaban J connectivity index is 2.38. The molecule has 0 unspecified atom stereocenters. The van der Waals surface area contributed by atoms with E-state index in [2.05, 4.69) is 34.4 Å². The van der Waals surface area contributed by atoms with E-state index in [0.717, 1.165) is 44.1 Å². The van der Waals surface area contributed by atoms with Crippen molar-refractivity contribution in [2.75, 3.05) is 47.3 Å². The molecular weight excluding hydrogens is 314 g/mol. The van der Waals surface area contributed by atoms with Gasteiger partial charge in [0.15, 0.2) is 5.96 Å². The van der Waals surface area contributed by atoms with Gasteiger partial charge in [-0.1, -0.05) is 26.0 Å². The fourth-order valence-corrected chi connectivity index (χ4v) is 2.48. The zero-order valence-corrected chi connectivity index (χ0v) is 16.3. The third-order valence-electron chi connectivity index (χ3n) is 4.13. The number of nitrogens with zero attached hydrogens (tertiary/aromatic N) is 3. The minimum Gasteiger partial charge on any atom is -0.356 e. The number of aliphatic imine (C=N–C) groups is 1. The van der Waals surface area contributed by atoms with E-state index in [-0.39, 0.29) is 5.91 Å². The number of carbonyl (C=O) groups excluding carboxylic acids is 1. The predicted molar refractivity (Wildman–Crippen MR) is 105 cm³/mol. The average Bonchev–Trinajstić information content (AvgIpc) is 2.64. The number of hydrogen-bond donors (Lipinski definition) is 2. The van der Waals surface area contributed by atoms with Gasteiger partial charge in [-0.25, -0.2) is 0 Å². The standard InChI is InChI=1S/C19H33N5O/c1-6-24(7-2)14-8-13-21-19(20-3)22-15-16-9-11-17(12-10-16)18(25)23(4)5/h9-12H,6-8,13-15H2,1-5H3,(H2,20,21,22). The lowest BCUT2D eigenvalue weighted by atomic mass is 10.1. The van der Waals surface area contributed by atoms with Gasteiger partial charge in [0.05, 0.1) is 0 Å². The molecule has 25 heavy (non-hydrogen) atoms. The largest absolute Gasteiger partial charge is 0.356 e. The summed E-state index contributed by atoms with van der Waals surface area (Å²) in [6, 6.07) is 7.66. The highest BCUT2D eigenvalue weighted by molar-refractivity contribution is 5.93. The van der Waals surface area contributed by atoms with E-state index >= 15 is 0 Å². The van der Waals surface area contributed by atoms with Crippen molar-refractivity contribution < 1.29 is 4.79 Å². The number of amides is 1. The van der Waals surface area contributed by atoms with Gasteiger partial charge in [-0.05, 0) is 43.8 Å². The van der Waals surface area contributed by atoms with Gasteiger partial charge in [0.25, 0.3) is 5.91 Å². The quantitative estimate of drug-likeness (QED) is 0.406. The molecular formula is C19H33N5O. The van der Waals surface area contributed by atoms with E-state index in [0.29, 0.717) is 12.1 Å². The van der Waals surface area contributed by atoms with Crippen LogP contribution in [0.1, 0.15) is 36.2 Å². The Kier molecular flexibility index (Phi) is 9.62. The lowest BCUT2D eigenvalue weighted by Gasteiger charge is -2.18. The number of guanidine groups is 1. The highest BCUT2D eigenvalue weighted by Crippen LogP contribution is 2.06. The molecule has 1 amide bonds. The highest BCUT2D eigenvalue weighted by Gasteiger charge is 2.07. The molecule has 2 N–H and O–H groups in total. The van der Waals surface area contributed by atoms with Crippen LogP contribution in [0.25, 0.3) is 0 Å². The van der Waals surface area contributed by atoms with E-state index in [1.807, 2.05) is 24.3 Å². The van der Waals surface area contributed by atoms with Gasteiger partial charge in [-0.15, -0.1) is 0 Å². The minimum atomic E-state index is 0.0187. The van der Waals surface area contributed by atoms with Crippen molar-refractivity contribution in [2.24, 2.45) is 4.99 Å². The first-order valence-corrected chi connectivity index (χ1v) is 8.99. The van der Waals surface area contributed by atoms with Crippen molar-refractivity contribution in [2.45, 2.75) is 26.8 Å². The van der Waals surface area contributed by atoms with Crippen molar-refractivity contribution in [1.82, 2.24) is 20.4 Å². The van der Waals surface area contributed by atoms with Crippen LogP contribution < -0.4 is 10.6 Å². The van der Waals surface area contributed by atoms with Crippen LogP contribution in [0.2, 0.25) is 0 Å². The van der Waals surface area contributed by atoms with Crippen LogP contribution in [0.15, 0.2) is 29.3 Å². The zero-order valence-electron chi connectivity index (χ0n) is 16.3. The van der Waals surface area contributed by atoms with Crippen molar-refractivity contribution in [3.8, 4) is 0 Å². The molecule has 0 aliphatic carbocycles. The molecule has 6 heteroatoms. The first kappa shape index (κ1) is 21.0. The SMILES string of the molecule is CCN(CC)CCCNC(=NC)NCc1ccc(C(=O)N(C)C)cc1. The van der Waals surface area contributed by atoms with Gasteiger partial charge in [-0.3, -0.25) is 9.79 Å². The van der Waals surface area contributed by atoms with Crippen LogP contribution in [0, 0.1) is 0 Å². The molecule has 1 aromatic carbocycles. The van der Waals surface area contributed by atoms with Crippen LogP contribution in [-0.2, 0) is 6.54 Å². The summed E-state index contributed by atoms with van der Waals surface area (Å²) < 4.78 is 0. The minimum absolute atomic E-state index is 0.0187. The maximum atomic E-state index is 11.9. The third-order valence-corrected chi connectivity index (χ3v) is 4.13. The Labute approximate surface area is 152 Å². The summed E-state index contributed by atoms with van der Waals surface area (Å²) in [5.41, 5.74) is 1.81. The molecule has 1 rings (SSSR count). The average molecular weight is 348 g/mol. The molecule has 1 aromatic rings. The summed E-state index contributed by atoms with van der Waals surface area (Å²) >= 11 is 0. The fraction of sp³-hybridized carbons (Fsp3) is 0.579. The molecule has 0 bridgehead atoms. The molecule has 6 nitrogen and oxygen atoms in total. The molecule has 0 aliphatic rings. The summed E-state index contributed by atoms with van der Waals surface area (Å²) in [6.07, 6.45) is 1.09. The van der Waals surface area contributed by atoms with Gasteiger partial charge in [0.2, 0.25) is 0 Å². The fourth-order valence-electron chi connectivity index (χ4n) is 2.48. The van der Waals surface area contributed by atoms with Crippen LogP contribution in [0.4, 0.5) is 0 Å². The van der Waals surface area contributed by atoms with Crippen molar-refractivity contribution in [3.05, 3.63) is 35.4 Å².